The van der Waals surface area contributed by atoms with E-state index in [2.05, 4.69) is 61.8 Å². The molecule has 16 nitrogen and oxygen atoms in total. The van der Waals surface area contributed by atoms with Gasteiger partial charge in [-0.05, 0) is 35.4 Å². The fourth-order valence-electron chi connectivity index (χ4n) is 3.55. The molecule has 4 aromatic rings. The van der Waals surface area contributed by atoms with Gasteiger partial charge in [-0.2, -0.15) is 38.3 Å². The number of hydrogen-bond acceptors (Lipinski definition) is 16. The number of aromatic nitrogens is 6. The van der Waals surface area contributed by atoms with E-state index in [9.17, 15) is 17.5 Å². The summed E-state index contributed by atoms with van der Waals surface area (Å²) in [6, 6.07) is 9.53. The maximum absolute atomic E-state index is 12.3. The molecule has 0 saturated carbocycles. The monoisotopic (exact) mass is 612 g/mol. The van der Waals surface area contributed by atoms with Crippen molar-refractivity contribution in [3.8, 4) is 0 Å². The maximum Gasteiger partial charge on any atom is 0.295 e. The van der Waals surface area contributed by atoms with Crippen molar-refractivity contribution in [3.05, 3.63) is 47.5 Å². The normalized spacial score (nSPS) is 11.3. The van der Waals surface area contributed by atoms with Gasteiger partial charge in [0, 0.05) is 56.5 Å². The Bertz CT molecular complexity index is 1680. The van der Waals surface area contributed by atoms with Gasteiger partial charge in [-0.1, -0.05) is 24.3 Å². The van der Waals surface area contributed by atoms with Crippen LogP contribution in [0.25, 0.3) is 12.2 Å². The topological polar surface area (TPSA) is 224 Å². The summed E-state index contributed by atoms with van der Waals surface area (Å²) in [4.78, 5) is 25.3. The number of nitrogens with zero attached hydrogens (tertiary/aromatic N) is 6. The molecule has 0 amide bonds. The summed E-state index contributed by atoms with van der Waals surface area (Å²) in [6.45, 7) is 0. The van der Waals surface area contributed by atoms with Crippen LogP contribution in [0.1, 0.15) is 11.1 Å². The van der Waals surface area contributed by atoms with Gasteiger partial charge in [-0.15, -0.1) is 0 Å². The Morgan fingerprint density at radius 2 is 1.05 bits per heavy atom. The Kier molecular flexibility index (Phi) is 9.53. The second-order valence-corrected chi connectivity index (χ2v) is 10.3. The molecule has 0 saturated heterocycles. The van der Waals surface area contributed by atoms with E-state index in [1.165, 1.54) is 18.2 Å². The minimum atomic E-state index is -4.61. The second kappa shape index (κ2) is 13.3. The molecule has 220 valence electrons. The smallest absolute Gasteiger partial charge is 0.295 e. The van der Waals surface area contributed by atoms with E-state index in [-0.39, 0.29) is 22.4 Å². The molecule has 0 bridgehead atoms. The van der Waals surface area contributed by atoms with Gasteiger partial charge in [0.15, 0.2) is 0 Å². The third kappa shape index (κ3) is 7.49. The van der Waals surface area contributed by atoms with Crippen LogP contribution >= 0.6 is 12.0 Å². The number of nitrogens with one attached hydrogen (secondary N) is 6. The number of hydrogen-bond donors (Lipinski definition) is 8. The fraction of sp³-hybridized carbons (Fsp3) is 0.167. The van der Waals surface area contributed by atoms with Gasteiger partial charge in [-0.25, -0.2) is 0 Å². The molecule has 0 aliphatic rings. The van der Waals surface area contributed by atoms with Crippen molar-refractivity contribution in [1.29, 1.82) is 0 Å². The van der Waals surface area contributed by atoms with Gasteiger partial charge in [0.2, 0.25) is 35.7 Å². The van der Waals surface area contributed by atoms with E-state index in [4.69, 9.17) is 0 Å². The van der Waals surface area contributed by atoms with Crippen molar-refractivity contribution in [2.24, 2.45) is 0 Å². The largest absolute Gasteiger partial charge is 0.357 e. The van der Waals surface area contributed by atoms with Crippen molar-refractivity contribution < 1.29 is 17.5 Å². The first-order valence-electron chi connectivity index (χ1n) is 12.2. The fourth-order valence-corrected chi connectivity index (χ4v) is 4.68. The van der Waals surface area contributed by atoms with E-state index in [1.54, 1.807) is 58.5 Å². The molecule has 18 heteroatoms. The minimum Gasteiger partial charge on any atom is -0.357 e. The number of anilines is 8. The highest BCUT2D eigenvalue weighted by molar-refractivity contribution is 7.93. The van der Waals surface area contributed by atoms with Crippen molar-refractivity contribution in [2.75, 3.05) is 60.1 Å². The third-order valence-electron chi connectivity index (χ3n) is 5.52. The predicted molar refractivity (Wildman–Crippen MR) is 165 cm³/mol. The molecule has 42 heavy (non-hydrogen) atoms. The average molecular weight is 613 g/mol. The van der Waals surface area contributed by atoms with Crippen LogP contribution in [0.15, 0.2) is 46.2 Å². The SMILES string of the molecule is CNc1nc(NC)nc(Nc2ccc(/C=C/c3ccc(Nc4nc(NC)nc(NC)n4)cc3S(=O)(=O)O)c(SO)c2)n1. The Morgan fingerprint density at radius 3 is 1.48 bits per heavy atom. The van der Waals surface area contributed by atoms with E-state index in [0.717, 1.165) is 0 Å². The molecule has 8 N–H and O–H groups in total. The van der Waals surface area contributed by atoms with Gasteiger partial charge >= 0.3 is 0 Å². The van der Waals surface area contributed by atoms with Crippen LogP contribution in [0.2, 0.25) is 0 Å². The summed E-state index contributed by atoms with van der Waals surface area (Å²) in [5.41, 5.74) is 1.71. The maximum atomic E-state index is 12.3. The van der Waals surface area contributed by atoms with Crippen LogP contribution in [-0.4, -0.2) is 75.6 Å². The molecule has 0 radical (unpaired) electrons. The molecule has 4 rings (SSSR count). The quantitative estimate of drug-likeness (QED) is 0.0648. The van der Waals surface area contributed by atoms with Gasteiger partial charge in [0.05, 0.1) is 0 Å². The summed E-state index contributed by atoms with van der Waals surface area (Å²) in [5, 5.41) is 17.3. The summed E-state index contributed by atoms with van der Waals surface area (Å²) < 4.78 is 44.4. The lowest BCUT2D eigenvalue weighted by molar-refractivity contribution is 0.483. The number of benzene rings is 2. The van der Waals surface area contributed by atoms with Crippen LogP contribution in [0.4, 0.5) is 47.1 Å². The molecule has 2 aromatic carbocycles. The molecule has 0 atom stereocenters. The van der Waals surface area contributed by atoms with Crippen LogP contribution in [0, 0.1) is 0 Å². The molecule has 0 aliphatic heterocycles. The van der Waals surface area contributed by atoms with Crippen LogP contribution in [0.5, 0.6) is 0 Å². The molecule has 0 aliphatic carbocycles. The van der Waals surface area contributed by atoms with Crippen molar-refractivity contribution in [3.63, 3.8) is 0 Å². The molecule has 0 spiro atoms. The summed E-state index contributed by atoms with van der Waals surface area (Å²) in [7, 11) is 2.06. The summed E-state index contributed by atoms with van der Waals surface area (Å²) in [6.07, 6.45) is 3.13. The first kappa shape index (κ1) is 30.2. The lowest BCUT2D eigenvalue weighted by Crippen LogP contribution is -2.08. The van der Waals surface area contributed by atoms with E-state index >= 15 is 0 Å². The van der Waals surface area contributed by atoms with Crippen LogP contribution in [-0.2, 0) is 10.1 Å². The van der Waals surface area contributed by atoms with Crippen LogP contribution < -0.4 is 31.9 Å². The number of rotatable bonds is 12. The zero-order valence-electron chi connectivity index (χ0n) is 22.8. The molecule has 0 unspecified atom stereocenters. The Hall–Kier alpha value is -4.78. The zero-order chi connectivity index (χ0) is 30.3. The standard InChI is InChI=1S/C24H28N12O4S2/c1-25-19-31-20(26-2)34-23(33-19)29-15-9-7-13(17(11-15)41-37)5-6-14-8-10-16(12-18(14)42(38,39)40)30-24-35-21(27-3)32-22(28-4)36-24/h5-12,37H,1-4H3,(H,38,39,40)(H3,25,26,29,31,33,34)(H3,27,28,30,32,35,36)/b6-5+. The van der Waals surface area contributed by atoms with Crippen molar-refractivity contribution >= 4 is 81.4 Å². The molecule has 2 heterocycles. The van der Waals surface area contributed by atoms with Crippen molar-refractivity contribution in [2.45, 2.75) is 9.79 Å². The zero-order valence-corrected chi connectivity index (χ0v) is 24.5. The average Bonchev–Trinajstić information content (AvgIpc) is 2.99. The van der Waals surface area contributed by atoms with Crippen molar-refractivity contribution in [1.82, 2.24) is 29.9 Å². The second-order valence-electron chi connectivity index (χ2n) is 8.27. The predicted octanol–water partition coefficient (Wildman–Crippen LogP) is 3.69. The molecule has 2 aromatic heterocycles. The molecule has 0 fully saturated rings. The van der Waals surface area contributed by atoms with E-state index in [1.807, 2.05) is 0 Å². The first-order valence-corrected chi connectivity index (χ1v) is 14.4. The van der Waals surface area contributed by atoms with Gasteiger partial charge in [0.1, 0.15) is 4.90 Å². The van der Waals surface area contributed by atoms with Gasteiger partial charge in [0.25, 0.3) is 10.1 Å². The highest BCUT2D eigenvalue weighted by Crippen LogP contribution is 2.29. The summed E-state index contributed by atoms with van der Waals surface area (Å²) >= 11 is 0.514. The van der Waals surface area contributed by atoms with Gasteiger partial charge in [-0.3, -0.25) is 4.55 Å². The summed E-state index contributed by atoms with van der Waals surface area (Å²) in [5.74, 6) is 1.75. The third-order valence-corrected chi connectivity index (χ3v) is 6.98. The Labute approximate surface area is 245 Å². The lowest BCUT2D eigenvalue weighted by atomic mass is 10.1. The molecular weight excluding hydrogens is 584 g/mol. The van der Waals surface area contributed by atoms with E-state index in [0.29, 0.717) is 57.7 Å². The Morgan fingerprint density at radius 1 is 0.643 bits per heavy atom. The highest BCUT2D eigenvalue weighted by Gasteiger charge is 2.16. The lowest BCUT2D eigenvalue weighted by Gasteiger charge is -2.11. The first-order chi connectivity index (χ1) is 20.1. The Balaban J connectivity index is 1.60. The van der Waals surface area contributed by atoms with Gasteiger partial charge < -0.3 is 36.5 Å². The van der Waals surface area contributed by atoms with E-state index < -0.39 is 10.1 Å². The molecular formula is C24H28N12O4S2. The van der Waals surface area contributed by atoms with Crippen LogP contribution in [0.3, 0.4) is 0 Å². The minimum absolute atomic E-state index is 0.156. The highest BCUT2D eigenvalue weighted by atomic mass is 32.2.